The van der Waals surface area contributed by atoms with Crippen molar-refractivity contribution < 1.29 is 5.11 Å². The molecule has 2 aromatic heterocycles. The molecule has 0 amide bonds. The van der Waals surface area contributed by atoms with Gasteiger partial charge in [0, 0.05) is 30.5 Å². The maximum Gasteiger partial charge on any atom is 0.104 e. The van der Waals surface area contributed by atoms with Crippen LogP contribution < -0.4 is 0 Å². The van der Waals surface area contributed by atoms with E-state index in [0.29, 0.717) is 12.1 Å². The molecule has 18 heavy (non-hydrogen) atoms. The van der Waals surface area contributed by atoms with Gasteiger partial charge >= 0.3 is 0 Å². The minimum absolute atomic E-state index is 0.0602. The van der Waals surface area contributed by atoms with Crippen LogP contribution in [0, 0.1) is 0 Å². The Hall–Kier alpha value is -1.20. The van der Waals surface area contributed by atoms with Gasteiger partial charge in [0.15, 0.2) is 0 Å². The number of thiazole rings is 1. The van der Waals surface area contributed by atoms with Crippen molar-refractivity contribution in [1.29, 1.82) is 0 Å². The van der Waals surface area contributed by atoms with Crippen LogP contribution in [0.1, 0.15) is 43.3 Å². The molecule has 2 aromatic rings. The first-order valence-corrected chi connectivity index (χ1v) is 6.85. The third-order valence-corrected chi connectivity index (χ3v) is 3.63. The number of aryl methyl sites for hydroxylation is 1. The number of nitrogens with zero attached hydrogens (tertiary/aromatic N) is 3. The topological polar surface area (TPSA) is 50.9 Å². The molecule has 0 fully saturated rings. The van der Waals surface area contributed by atoms with Gasteiger partial charge in [-0.3, -0.25) is 0 Å². The number of hydrogen-bond acceptors (Lipinski definition) is 4. The van der Waals surface area contributed by atoms with E-state index >= 15 is 0 Å². The summed E-state index contributed by atoms with van der Waals surface area (Å²) in [6.07, 6.45) is 3.48. The minimum Gasteiger partial charge on any atom is -0.386 e. The minimum atomic E-state index is -0.579. The van der Waals surface area contributed by atoms with Crippen LogP contribution in [-0.2, 0) is 18.9 Å². The first-order valence-electron chi connectivity index (χ1n) is 5.97. The normalized spacial score (nSPS) is 13.8. The van der Waals surface area contributed by atoms with Crippen molar-refractivity contribution in [3.63, 3.8) is 0 Å². The van der Waals surface area contributed by atoms with Crippen LogP contribution in [0.15, 0.2) is 17.9 Å². The Morgan fingerprint density at radius 2 is 2.17 bits per heavy atom. The maximum absolute atomic E-state index is 10.1. The van der Waals surface area contributed by atoms with Crippen LogP contribution >= 0.6 is 11.3 Å². The van der Waals surface area contributed by atoms with Crippen LogP contribution in [0.25, 0.3) is 0 Å². The Bertz CT molecular complexity index is 524. The molecule has 2 heterocycles. The second-order valence-electron chi connectivity index (χ2n) is 5.56. The van der Waals surface area contributed by atoms with Gasteiger partial charge in [0.1, 0.15) is 6.10 Å². The van der Waals surface area contributed by atoms with E-state index in [2.05, 4.69) is 36.1 Å². The fourth-order valence-corrected chi connectivity index (χ4v) is 2.68. The van der Waals surface area contributed by atoms with Crippen LogP contribution in [0.4, 0.5) is 0 Å². The molecule has 0 radical (unpaired) electrons. The van der Waals surface area contributed by atoms with E-state index < -0.39 is 6.10 Å². The fraction of sp³-hybridized carbons (Fsp3) is 0.538. The highest BCUT2D eigenvalue weighted by atomic mass is 32.1. The van der Waals surface area contributed by atoms with E-state index in [0.717, 1.165) is 10.7 Å². The summed E-state index contributed by atoms with van der Waals surface area (Å²) in [5.41, 5.74) is 1.84. The summed E-state index contributed by atoms with van der Waals surface area (Å²) in [5.74, 6) is 0. The Balaban J connectivity index is 2.08. The van der Waals surface area contributed by atoms with Crippen LogP contribution in [0.2, 0.25) is 0 Å². The highest BCUT2D eigenvalue weighted by Gasteiger charge is 2.19. The summed E-state index contributed by atoms with van der Waals surface area (Å²) in [6.45, 7) is 6.42. The van der Waals surface area contributed by atoms with E-state index in [1.165, 1.54) is 0 Å². The molecule has 0 saturated heterocycles. The van der Waals surface area contributed by atoms with Gasteiger partial charge in [-0.1, -0.05) is 20.8 Å². The van der Waals surface area contributed by atoms with E-state index in [-0.39, 0.29) is 5.41 Å². The molecule has 2 rings (SSSR count). The first kappa shape index (κ1) is 13.2. The number of hydrogen-bond donors (Lipinski definition) is 1. The molecule has 98 valence electrons. The van der Waals surface area contributed by atoms with Gasteiger partial charge < -0.3 is 9.67 Å². The highest BCUT2D eigenvalue weighted by molar-refractivity contribution is 7.09. The SMILES string of the molecule is Cn1cnc(C(O)Cc2nc(C(C)(C)C)cs2)c1. The number of aromatic nitrogens is 3. The molecule has 1 unspecified atom stereocenters. The van der Waals surface area contributed by atoms with Gasteiger partial charge in [-0.2, -0.15) is 0 Å². The van der Waals surface area contributed by atoms with Crippen LogP contribution in [0.3, 0.4) is 0 Å². The summed E-state index contributed by atoms with van der Waals surface area (Å²) < 4.78 is 1.83. The third-order valence-electron chi connectivity index (χ3n) is 2.75. The highest BCUT2D eigenvalue weighted by Crippen LogP contribution is 2.26. The lowest BCUT2D eigenvalue weighted by Crippen LogP contribution is -2.12. The van der Waals surface area contributed by atoms with Gasteiger partial charge in [-0.25, -0.2) is 9.97 Å². The van der Waals surface area contributed by atoms with E-state index in [4.69, 9.17) is 0 Å². The molecule has 0 aliphatic carbocycles. The van der Waals surface area contributed by atoms with Crippen molar-refractivity contribution in [2.75, 3.05) is 0 Å². The Kier molecular flexibility index (Phi) is 3.54. The van der Waals surface area contributed by atoms with Crippen LogP contribution in [-0.4, -0.2) is 19.6 Å². The molecule has 0 aromatic carbocycles. The molecule has 5 heteroatoms. The third kappa shape index (κ3) is 2.97. The lowest BCUT2D eigenvalue weighted by Gasteiger charge is -2.14. The van der Waals surface area contributed by atoms with Gasteiger partial charge in [-0.05, 0) is 0 Å². The molecule has 0 aliphatic heterocycles. The summed E-state index contributed by atoms with van der Waals surface area (Å²) in [7, 11) is 1.89. The number of rotatable bonds is 3. The Labute approximate surface area is 111 Å². The van der Waals surface area contributed by atoms with Crippen molar-refractivity contribution in [2.24, 2.45) is 7.05 Å². The maximum atomic E-state index is 10.1. The molecule has 4 nitrogen and oxygen atoms in total. The van der Waals surface area contributed by atoms with Crippen molar-refractivity contribution in [3.8, 4) is 0 Å². The van der Waals surface area contributed by atoms with Crippen molar-refractivity contribution in [1.82, 2.24) is 14.5 Å². The standard InChI is InChI=1S/C13H19N3OS/c1-13(2,3)11-7-18-12(15-11)5-10(17)9-6-16(4)8-14-9/h6-8,10,17H,5H2,1-4H3. The first-order chi connectivity index (χ1) is 8.36. The summed E-state index contributed by atoms with van der Waals surface area (Å²) in [5, 5.41) is 13.1. The quantitative estimate of drug-likeness (QED) is 0.927. The monoisotopic (exact) mass is 265 g/mol. The lowest BCUT2D eigenvalue weighted by atomic mass is 9.93. The largest absolute Gasteiger partial charge is 0.386 e. The summed E-state index contributed by atoms with van der Waals surface area (Å²) >= 11 is 1.60. The molecule has 0 bridgehead atoms. The van der Waals surface area contributed by atoms with E-state index in [1.54, 1.807) is 17.7 Å². The summed E-state index contributed by atoms with van der Waals surface area (Å²) in [6, 6.07) is 0. The molecule has 1 N–H and O–H groups in total. The molecule has 0 spiro atoms. The predicted molar refractivity (Wildman–Crippen MR) is 72.7 cm³/mol. The average molecular weight is 265 g/mol. The Morgan fingerprint density at radius 3 is 2.67 bits per heavy atom. The molecule has 0 saturated carbocycles. The molecule has 0 aliphatic rings. The van der Waals surface area contributed by atoms with Gasteiger partial charge in [-0.15, -0.1) is 11.3 Å². The number of aliphatic hydroxyl groups excluding tert-OH is 1. The van der Waals surface area contributed by atoms with Gasteiger partial charge in [0.2, 0.25) is 0 Å². The predicted octanol–water partition coefficient (Wildman–Crippen LogP) is 2.45. The second kappa shape index (κ2) is 4.82. The number of aliphatic hydroxyl groups is 1. The van der Waals surface area contributed by atoms with E-state index in [1.807, 2.05) is 17.8 Å². The zero-order valence-corrected chi connectivity index (χ0v) is 12.0. The van der Waals surface area contributed by atoms with Crippen LogP contribution in [0.5, 0.6) is 0 Å². The fourth-order valence-electron chi connectivity index (χ4n) is 1.62. The van der Waals surface area contributed by atoms with Crippen molar-refractivity contribution in [2.45, 2.75) is 38.7 Å². The summed E-state index contributed by atoms with van der Waals surface area (Å²) in [4.78, 5) is 8.73. The smallest absolute Gasteiger partial charge is 0.104 e. The lowest BCUT2D eigenvalue weighted by molar-refractivity contribution is 0.174. The molecular formula is C13H19N3OS. The zero-order valence-electron chi connectivity index (χ0n) is 11.2. The molecule has 1 atom stereocenters. The van der Waals surface area contributed by atoms with Gasteiger partial charge in [0.25, 0.3) is 0 Å². The van der Waals surface area contributed by atoms with E-state index in [9.17, 15) is 5.11 Å². The van der Waals surface area contributed by atoms with Gasteiger partial charge in [0.05, 0.1) is 22.7 Å². The zero-order chi connectivity index (χ0) is 13.3. The van der Waals surface area contributed by atoms with Crippen molar-refractivity contribution in [3.05, 3.63) is 34.3 Å². The number of imidazole rings is 1. The van der Waals surface area contributed by atoms with Crippen molar-refractivity contribution >= 4 is 11.3 Å². The Morgan fingerprint density at radius 1 is 1.44 bits per heavy atom. The molecular weight excluding hydrogens is 246 g/mol. The second-order valence-corrected chi connectivity index (χ2v) is 6.50. The average Bonchev–Trinajstić information content (AvgIpc) is 2.85.